The Hall–Kier alpha value is -1.84. The SMILES string of the molecule is CCCc1ccccc1Oc1ccccc1[NH2+]OC. The summed E-state index contributed by atoms with van der Waals surface area (Å²) in [6.07, 6.45) is 2.12. The highest BCUT2D eigenvalue weighted by Gasteiger charge is 2.10. The third-order valence-corrected chi connectivity index (χ3v) is 2.88. The summed E-state index contributed by atoms with van der Waals surface area (Å²) in [5.74, 6) is 1.73. The number of hydrogen-bond acceptors (Lipinski definition) is 2. The van der Waals surface area contributed by atoms with Crippen LogP contribution in [0, 0.1) is 0 Å². The lowest BCUT2D eigenvalue weighted by molar-refractivity contribution is -0.830. The molecule has 3 heteroatoms. The zero-order chi connectivity index (χ0) is 13.5. The first-order valence-corrected chi connectivity index (χ1v) is 6.56. The second kappa shape index (κ2) is 6.92. The fourth-order valence-electron chi connectivity index (χ4n) is 2.00. The molecule has 0 aliphatic rings. The topological polar surface area (TPSA) is 35.1 Å². The van der Waals surface area contributed by atoms with Gasteiger partial charge in [-0.2, -0.15) is 5.48 Å². The van der Waals surface area contributed by atoms with Crippen LogP contribution >= 0.6 is 0 Å². The van der Waals surface area contributed by atoms with Gasteiger partial charge in [-0.3, -0.25) is 0 Å². The fourth-order valence-corrected chi connectivity index (χ4v) is 2.00. The third kappa shape index (κ3) is 3.56. The van der Waals surface area contributed by atoms with Crippen LogP contribution < -0.4 is 10.2 Å². The lowest BCUT2D eigenvalue weighted by Gasteiger charge is -2.11. The van der Waals surface area contributed by atoms with E-state index in [0.717, 1.165) is 30.0 Å². The molecular weight excluding hydrogens is 238 g/mol. The number of nitrogens with two attached hydrogens (primary N) is 1. The molecule has 2 aromatic carbocycles. The summed E-state index contributed by atoms with van der Waals surface area (Å²) in [6.45, 7) is 2.17. The van der Waals surface area contributed by atoms with Gasteiger partial charge >= 0.3 is 0 Å². The monoisotopic (exact) mass is 258 g/mol. The summed E-state index contributed by atoms with van der Waals surface area (Å²) in [7, 11) is 1.64. The summed E-state index contributed by atoms with van der Waals surface area (Å²) >= 11 is 0. The molecule has 0 atom stereocenters. The van der Waals surface area contributed by atoms with E-state index in [1.807, 2.05) is 42.5 Å². The first-order valence-electron chi connectivity index (χ1n) is 6.56. The maximum absolute atomic E-state index is 6.03. The van der Waals surface area contributed by atoms with Crippen LogP contribution in [-0.4, -0.2) is 7.11 Å². The molecule has 0 bridgehead atoms. The zero-order valence-electron chi connectivity index (χ0n) is 11.4. The Balaban J connectivity index is 2.25. The molecule has 3 nitrogen and oxygen atoms in total. The maximum Gasteiger partial charge on any atom is 0.204 e. The minimum atomic E-state index is 0.813. The van der Waals surface area contributed by atoms with Gasteiger partial charge < -0.3 is 4.74 Å². The summed E-state index contributed by atoms with van der Waals surface area (Å²) in [4.78, 5) is 5.08. The number of benzene rings is 2. The Morgan fingerprint density at radius 2 is 1.63 bits per heavy atom. The summed E-state index contributed by atoms with van der Waals surface area (Å²) < 4.78 is 6.03. The van der Waals surface area contributed by atoms with Gasteiger partial charge in [0.05, 0.1) is 7.11 Å². The standard InChI is InChI=1S/C16H19NO2/c1-3-8-13-9-4-6-11-15(13)19-16-12-7-5-10-14(16)17-18-2/h4-7,9-12,17H,3,8H2,1-2H3/p+1. The molecule has 19 heavy (non-hydrogen) atoms. The van der Waals surface area contributed by atoms with Crippen molar-refractivity contribution >= 4 is 5.69 Å². The van der Waals surface area contributed by atoms with E-state index in [2.05, 4.69) is 13.0 Å². The molecule has 0 aliphatic heterocycles. The van der Waals surface area contributed by atoms with Crippen molar-refractivity contribution < 1.29 is 15.1 Å². The van der Waals surface area contributed by atoms with Crippen LogP contribution in [0.1, 0.15) is 18.9 Å². The molecule has 2 rings (SSSR count). The van der Waals surface area contributed by atoms with Gasteiger partial charge in [0.25, 0.3) is 0 Å². The van der Waals surface area contributed by atoms with Crippen molar-refractivity contribution in [1.29, 1.82) is 0 Å². The van der Waals surface area contributed by atoms with Crippen molar-refractivity contribution in [3.8, 4) is 11.5 Å². The van der Waals surface area contributed by atoms with E-state index in [-0.39, 0.29) is 0 Å². The van der Waals surface area contributed by atoms with Crippen molar-refractivity contribution in [2.45, 2.75) is 19.8 Å². The Morgan fingerprint density at radius 3 is 2.37 bits per heavy atom. The highest BCUT2D eigenvalue weighted by molar-refractivity contribution is 5.48. The molecule has 0 saturated heterocycles. The number of quaternary nitrogens is 1. The van der Waals surface area contributed by atoms with Crippen LogP contribution in [0.4, 0.5) is 5.69 Å². The quantitative estimate of drug-likeness (QED) is 0.638. The molecule has 100 valence electrons. The highest BCUT2D eigenvalue weighted by atomic mass is 16.6. The van der Waals surface area contributed by atoms with E-state index < -0.39 is 0 Å². The molecule has 0 saturated carbocycles. The number of ether oxygens (including phenoxy) is 1. The van der Waals surface area contributed by atoms with Crippen LogP contribution in [0.3, 0.4) is 0 Å². The van der Waals surface area contributed by atoms with Gasteiger partial charge in [-0.15, -0.1) is 0 Å². The molecule has 0 fully saturated rings. The predicted molar refractivity (Wildman–Crippen MR) is 75.5 cm³/mol. The number of hydrogen-bond donors (Lipinski definition) is 1. The summed E-state index contributed by atoms with van der Waals surface area (Å²) in [5.41, 5.74) is 3.87. The highest BCUT2D eigenvalue weighted by Crippen LogP contribution is 2.29. The number of para-hydroxylation sites is 2. The van der Waals surface area contributed by atoms with Gasteiger partial charge in [0.1, 0.15) is 5.75 Å². The molecule has 0 amide bonds. The third-order valence-electron chi connectivity index (χ3n) is 2.88. The van der Waals surface area contributed by atoms with Gasteiger partial charge in [0, 0.05) is 6.07 Å². The molecule has 0 spiro atoms. The second-order valence-corrected chi connectivity index (χ2v) is 4.35. The molecule has 0 unspecified atom stereocenters. The normalized spacial score (nSPS) is 10.4. The molecule has 2 N–H and O–H groups in total. The van der Waals surface area contributed by atoms with E-state index in [4.69, 9.17) is 9.57 Å². The Kier molecular flexibility index (Phi) is 4.95. The van der Waals surface area contributed by atoms with E-state index in [1.54, 1.807) is 12.6 Å². The van der Waals surface area contributed by atoms with Crippen molar-refractivity contribution in [3.63, 3.8) is 0 Å². The van der Waals surface area contributed by atoms with E-state index >= 15 is 0 Å². The largest absolute Gasteiger partial charge is 0.451 e. The molecule has 0 heterocycles. The van der Waals surface area contributed by atoms with Crippen LogP contribution in [0.15, 0.2) is 48.5 Å². The smallest absolute Gasteiger partial charge is 0.204 e. The minimum absolute atomic E-state index is 0.813. The first-order chi connectivity index (χ1) is 9.35. The molecule has 0 radical (unpaired) electrons. The van der Waals surface area contributed by atoms with Gasteiger partial charge in [0.2, 0.25) is 5.69 Å². The average Bonchev–Trinajstić information content (AvgIpc) is 2.44. The summed E-state index contributed by atoms with van der Waals surface area (Å²) in [5, 5.41) is 0. The number of rotatable bonds is 6. The molecule has 2 aromatic rings. The Labute approximate surface area is 114 Å². The van der Waals surface area contributed by atoms with Gasteiger partial charge in [-0.25, -0.2) is 4.84 Å². The average molecular weight is 258 g/mol. The summed E-state index contributed by atoms with van der Waals surface area (Å²) in [6, 6.07) is 16.0. The van der Waals surface area contributed by atoms with Gasteiger partial charge in [-0.05, 0) is 24.1 Å². The molecule has 0 aliphatic carbocycles. The molecule has 0 aromatic heterocycles. The van der Waals surface area contributed by atoms with Crippen molar-refractivity contribution in [2.75, 3.05) is 7.11 Å². The lowest BCUT2D eigenvalue weighted by Crippen LogP contribution is -2.76. The van der Waals surface area contributed by atoms with Crippen LogP contribution in [0.2, 0.25) is 0 Å². The Morgan fingerprint density at radius 1 is 0.947 bits per heavy atom. The van der Waals surface area contributed by atoms with E-state index in [0.29, 0.717) is 0 Å². The minimum Gasteiger partial charge on any atom is -0.451 e. The van der Waals surface area contributed by atoms with Crippen molar-refractivity contribution in [2.24, 2.45) is 0 Å². The van der Waals surface area contributed by atoms with E-state index in [1.165, 1.54) is 5.56 Å². The zero-order valence-corrected chi connectivity index (χ0v) is 11.4. The molecular formula is C16H20NO2+. The maximum atomic E-state index is 6.03. The van der Waals surface area contributed by atoms with Crippen LogP contribution in [0.5, 0.6) is 11.5 Å². The van der Waals surface area contributed by atoms with Gasteiger partial charge in [0.15, 0.2) is 5.75 Å². The van der Waals surface area contributed by atoms with Crippen molar-refractivity contribution in [1.82, 2.24) is 0 Å². The van der Waals surface area contributed by atoms with Crippen molar-refractivity contribution in [3.05, 3.63) is 54.1 Å². The number of aryl methyl sites for hydroxylation is 1. The van der Waals surface area contributed by atoms with Gasteiger partial charge in [-0.1, -0.05) is 43.7 Å². The predicted octanol–water partition coefficient (Wildman–Crippen LogP) is 3.19. The van der Waals surface area contributed by atoms with Crippen LogP contribution in [-0.2, 0) is 11.3 Å². The lowest BCUT2D eigenvalue weighted by atomic mass is 10.1. The van der Waals surface area contributed by atoms with Crippen LogP contribution in [0.25, 0.3) is 0 Å². The second-order valence-electron chi connectivity index (χ2n) is 4.35. The fraction of sp³-hybridized carbons (Fsp3) is 0.250. The van der Waals surface area contributed by atoms with E-state index in [9.17, 15) is 0 Å². The first kappa shape index (κ1) is 13.6. The Bertz CT molecular complexity index is 478.